The van der Waals surface area contributed by atoms with Gasteiger partial charge in [0.05, 0.1) is 0 Å². The van der Waals surface area contributed by atoms with Crippen molar-refractivity contribution in [1.82, 2.24) is 4.98 Å². The van der Waals surface area contributed by atoms with Gasteiger partial charge in [-0.25, -0.2) is 4.98 Å². The van der Waals surface area contributed by atoms with Crippen molar-refractivity contribution in [2.24, 2.45) is 5.73 Å². The van der Waals surface area contributed by atoms with Crippen LogP contribution in [0.3, 0.4) is 0 Å². The zero-order chi connectivity index (χ0) is 10.8. The molecular formula is C11H13BrN2O. The van der Waals surface area contributed by atoms with Crippen molar-refractivity contribution < 1.29 is 4.42 Å². The number of nitrogens with two attached hydrogens (primary N) is 1. The zero-order valence-corrected chi connectivity index (χ0v) is 10.2. The number of halogens is 1. The first kappa shape index (κ1) is 10.6. The van der Waals surface area contributed by atoms with Crippen molar-refractivity contribution >= 4 is 27.0 Å². The third-order valence-electron chi connectivity index (χ3n) is 2.31. The summed E-state index contributed by atoms with van der Waals surface area (Å²) in [7, 11) is 0. The summed E-state index contributed by atoms with van der Waals surface area (Å²) in [4.78, 5) is 4.41. The van der Waals surface area contributed by atoms with Crippen LogP contribution < -0.4 is 5.73 Å². The van der Waals surface area contributed by atoms with E-state index >= 15 is 0 Å². The summed E-state index contributed by atoms with van der Waals surface area (Å²) in [5.41, 5.74) is 8.36. The largest absolute Gasteiger partial charge is 0.441 e. The molecule has 1 aromatic carbocycles. The Hall–Kier alpha value is -0.870. The molecule has 0 atom stereocenters. The van der Waals surface area contributed by atoms with Gasteiger partial charge >= 0.3 is 0 Å². The minimum Gasteiger partial charge on any atom is -0.441 e. The second-order valence-electron chi connectivity index (χ2n) is 3.57. The summed E-state index contributed by atoms with van der Waals surface area (Å²) in [5.74, 6) is 0.771. The topological polar surface area (TPSA) is 52.0 Å². The molecule has 2 N–H and O–H groups in total. The van der Waals surface area contributed by atoms with Gasteiger partial charge in [-0.3, -0.25) is 0 Å². The number of hydrogen-bond donors (Lipinski definition) is 1. The van der Waals surface area contributed by atoms with Crippen LogP contribution in [-0.2, 0) is 6.42 Å². The van der Waals surface area contributed by atoms with Crippen molar-refractivity contribution in [3.63, 3.8) is 0 Å². The lowest BCUT2D eigenvalue weighted by atomic mass is 10.2. The van der Waals surface area contributed by atoms with E-state index in [0.717, 1.165) is 34.3 Å². The van der Waals surface area contributed by atoms with Crippen LogP contribution in [0.2, 0.25) is 0 Å². The molecule has 0 amide bonds. The summed E-state index contributed by atoms with van der Waals surface area (Å²) < 4.78 is 6.66. The summed E-state index contributed by atoms with van der Waals surface area (Å²) in [6.07, 6.45) is 1.72. The Kier molecular flexibility index (Phi) is 3.07. The van der Waals surface area contributed by atoms with E-state index in [1.54, 1.807) is 0 Å². The minimum absolute atomic E-state index is 0.668. The van der Waals surface area contributed by atoms with E-state index in [-0.39, 0.29) is 0 Å². The molecule has 2 rings (SSSR count). The molecular weight excluding hydrogens is 256 g/mol. The molecule has 1 heterocycles. The normalized spacial score (nSPS) is 11.1. The van der Waals surface area contributed by atoms with Crippen molar-refractivity contribution in [2.75, 3.05) is 6.54 Å². The molecule has 0 aliphatic rings. The van der Waals surface area contributed by atoms with Crippen LogP contribution in [0, 0.1) is 6.92 Å². The van der Waals surface area contributed by atoms with Gasteiger partial charge in [0.1, 0.15) is 5.52 Å². The highest BCUT2D eigenvalue weighted by molar-refractivity contribution is 9.10. The molecule has 4 heteroatoms. The molecule has 0 aliphatic carbocycles. The predicted octanol–water partition coefficient (Wildman–Crippen LogP) is 2.79. The summed E-state index contributed by atoms with van der Waals surface area (Å²) in [5, 5.41) is 0. The smallest absolute Gasteiger partial charge is 0.195 e. The first-order valence-corrected chi connectivity index (χ1v) is 5.75. The molecule has 0 unspecified atom stereocenters. The SMILES string of the molecule is Cc1cc2nc(CCCN)oc2cc1Br. The molecule has 0 saturated carbocycles. The van der Waals surface area contributed by atoms with E-state index in [4.69, 9.17) is 10.2 Å². The lowest BCUT2D eigenvalue weighted by molar-refractivity contribution is 0.521. The molecule has 80 valence electrons. The Balaban J connectivity index is 2.38. The predicted molar refractivity (Wildman–Crippen MR) is 63.8 cm³/mol. The summed E-state index contributed by atoms with van der Waals surface area (Å²) in [6.45, 7) is 2.71. The summed E-state index contributed by atoms with van der Waals surface area (Å²) >= 11 is 3.47. The highest BCUT2D eigenvalue weighted by Crippen LogP contribution is 2.24. The highest BCUT2D eigenvalue weighted by Gasteiger charge is 2.07. The minimum atomic E-state index is 0.668. The van der Waals surface area contributed by atoms with Crippen molar-refractivity contribution in [3.05, 3.63) is 28.1 Å². The maximum atomic E-state index is 5.61. The van der Waals surface area contributed by atoms with Crippen molar-refractivity contribution in [3.8, 4) is 0 Å². The van der Waals surface area contributed by atoms with Gasteiger partial charge in [-0.15, -0.1) is 0 Å². The number of benzene rings is 1. The van der Waals surface area contributed by atoms with Crippen LogP contribution in [0.1, 0.15) is 17.9 Å². The van der Waals surface area contributed by atoms with Crippen molar-refractivity contribution in [2.45, 2.75) is 19.8 Å². The van der Waals surface area contributed by atoms with Gasteiger partial charge in [0, 0.05) is 10.9 Å². The molecule has 0 aliphatic heterocycles. The second kappa shape index (κ2) is 4.33. The van der Waals surface area contributed by atoms with Crippen LogP contribution in [-0.4, -0.2) is 11.5 Å². The third-order valence-corrected chi connectivity index (χ3v) is 3.16. The third kappa shape index (κ3) is 2.21. The standard InChI is InChI=1S/C11H13BrN2O/c1-7-5-9-10(6-8(7)12)15-11(14-9)3-2-4-13/h5-6H,2-4,13H2,1H3. The Bertz CT molecular complexity index is 440. The Labute approximate surface area is 96.8 Å². The summed E-state index contributed by atoms with van der Waals surface area (Å²) in [6, 6.07) is 3.98. The highest BCUT2D eigenvalue weighted by atomic mass is 79.9. The number of nitrogens with zero attached hydrogens (tertiary/aromatic N) is 1. The quantitative estimate of drug-likeness (QED) is 0.932. The van der Waals surface area contributed by atoms with Crippen LogP contribution in [0.25, 0.3) is 11.1 Å². The van der Waals surface area contributed by atoms with Gasteiger partial charge < -0.3 is 10.2 Å². The molecule has 0 saturated heterocycles. The number of aryl methyl sites for hydroxylation is 2. The Morgan fingerprint density at radius 1 is 1.47 bits per heavy atom. The molecule has 1 aromatic heterocycles. The Morgan fingerprint density at radius 2 is 2.27 bits per heavy atom. The number of hydrogen-bond acceptors (Lipinski definition) is 3. The molecule has 0 spiro atoms. The number of rotatable bonds is 3. The van der Waals surface area contributed by atoms with Crippen LogP contribution in [0.5, 0.6) is 0 Å². The fourth-order valence-corrected chi connectivity index (χ4v) is 1.78. The van der Waals surface area contributed by atoms with Crippen LogP contribution in [0.15, 0.2) is 21.0 Å². The fourth-order valence-electron chi connectivity index (χ4n) is 1.46. The van der Waals surface area contributed by atoms with Crippen LogP contribution in [0.4, 0.5) is 0 Å². The lowest BCUT2D eigenvalue weighted by Gasteiger charge is -1.94. The molecule has 3 nitrogen and oxygen atoms in total. The first-order chi connectivity index (χ1) is 7.20. The molecule has 0 radical (unpaired) electrons. The maximum absolute atomic E-state index is 5.61. The van der Waals surface area contributed by atoms with E-state index in [1.165, 1.54) is 5.56 Å². The van der Waals surface area contributed by atoms with Gasteiger partial charge in [-0.1, -0.05) is 15.9 Å². The average Bonchev–Trinajstić information content (AvgIpc) is 2.58. The molecule has 15 heavy (non-hydrogen) atoms. The maximum Gasteiger partial charge on any atom is 0.195 e. The lowest BCUT2D eigenvalue weighted by Crippen LogP contribution is -2.00. The van der Waals surface area contributed by atoms with Gasteiger partial charge in [-0.2, -0.15) is 0 Å². The number of aromatic nitrogens is 1. The van der Waals surface area contributed by atoms with Gasteiger partial charge in [0.25, 0.3) is 0 Å². The van der Waals surface area contributed by atoms with E-state index in [9.17, 15) is 0 Å². The van der Waals surface area contributed by atoms with E-state index in [2.05, 4.69) is 20.9 Å². The second-order valence-corrected chi connectivity index (χ2v) is 4.42. The Morgan fingerprint density at radius 3 is 3.00 bits per heavy atom. The van der Waals surface area contributed by atoms with E-state index in [0.29, 0.717) is 6.54 Å². The van der Waals surface area contributed by atoms with Gasteiger partial charge in [0.2, 0.25) is 0 Å². The van der Waals surface area contributed by atoms with Gasteiger partial charge in [0.15, 0.2) is 11.5 Å². The van der Waals surface area contributed by atoms with Crippen molar-refractivity contribution in [1.29, 1.82) is 0 Å². The van der Waals surface area contributed by atoms with E-state index < -0.39 is 0 Å². The number of oxazole rings is 1. The fraction of sp³-hybridized carbons (Fsp3) is 0.364. The number of fused-ring (bicyclic) bond motifs is 1. The zero-order valence-electron chi connectivity index (χ0n) is 8.59. The monoisotopic (exact) mass is 268 g/mol. The molecule has 2 aromatic rings. The van der Waals surface area contributed by atoms with E-state index in [1.807, 2.05) is 19.1 Å². The first-order valence-electron chi connectivity index (χ1n) is 4.96. The van der Waals surface area contributed by atoms with Gasteiger partial charge in [-0.05, 0) is 37.6 Å². The molecule has 0 fully saturated rings. The average molecular weight is 269 g/mol. The molecule has 0 bridgehead atoms. The van der Waals surface area contributed by atoms with Crippen LogP contribution >= 0.6 is 15.9 Å².